The Kier molecular flexibility index (Phi) is 4.11. The van der Waals surface area contributed by atoms with E-state index in [1.165, 1.54) is 23.1 Å². The molecule has 0 aliphatic carbocycles. The highest BCUT2D eigenvalue weighted by molar-refractivity contribution is 8.01. The second kappa shape index (κ2) is 5.60. The summed E-state index contributed by atoms with van der Waals surface area (Å²) in [6, 6.07) is 7.28. The average molecular weight is 300 g/mol. The van der Waals surface area contributed by atoms with Crippen LogP contribution in [0.5, 0.6) is 0 Å². The van der Waals surface area contributed by atoms with Gasteiger partial charge in [0, 0.05) is 10.6 Å². The molecule has 0 atom stereocenters. The molecule has 1 heterocycles. The minimum absolute atomic E-state index is 0.201. The first-order chi connectivity index (χ1) is 8.56. The number of aromatic nitrogens is 1. The number of anilines is 1. The Morgan fingerprint density at radius 2 is 2.06 bits per heavy atom. The van der Waals surface area contributed by atoms with E-state index in [0.717, 1.165) is 9.90 Å². The molecule has 18 heavy (non-hydrogen) atoms. The lowest BCUT2D eigenvalue weighted by atomic mass is 10.2. The zero-order chi connectivity index (χ0) is 13.1. The number of nitrogens with zero attached hydrogens (tertiary/aromatic N) is 1. The largest absolute Gasteiger partial charge is 0.389 e. The van der Waals surface area contributed by atoms with Crippen molar-refractivity contribution in [2.75, 3.05) is 11.5 Å². The maximum absolute atomic E-state index is 10.7. The number of nitrogens with two attached hydrogens (primary N) is 2. The van der Waals surface area contributed by atoms with Crippen molar-refractivity contribution in [3.8, 4) is 11.3 Å². The fourth-order valence-electron chi connectivity index (χ4n) is 1.32. The standard InChI is InChI=1S/C11H10ClN3OS2/c12-7-3-1-6(2-4-7)9-10(14)18-11(15-9)17-5-8(13)16/h1-4H,5,14H2,(H2,13,16). The van der Waals surface area contributed by atoms with E-state index in [2.05, 4.69) is 4.98 Å². The van der Waals surface area contributed by atoms with Gasteiger partial charge >= 0.3 is 0 Å². The van der Waals surface area contributed by atoms with Crippen LogP contribution in [0.25, 0.3) is 11.3 Å². The van der Waals surface area contributed by atoms with Crippen LogP contribution in [0.4, 0.5) is 5.00 Å². The van der Waals surface area contributed by atoms with Crippen LogP contribution < -0.4 is 11.5 Å². The van der Waals surface area contributed by atoms with Crippen molar-refractivity contribution in [3.63, 3.8) is 0 Å². The molecule has 4 nitrogen and oxygen atoms in total. The van der Waals surface area contributed by atoms with E-state index in [-0.39, 0.29) is 11.7 Å². The smallest absolute Gasteiger partial charge is 0.227 e. The summed E-state index contributed by atoms with van der Waals surface area (Å²) in [5.41, 5.74) is 12.6. The van der Waals surface area contributed by atoms with E-state index in [1.807, 2.05) is 12.1 Å². The summed E-state index contributed by atoms with van der Waals surface area (Å²) >= 11 is 8.46. The first-order valence-corrected chi connectivity index (χ1v) is 7.17. The molecule has 0 bridgehead atoms. The van der Waals surface area contributed by atoms with Crippen LogP contribution in [-0.4, -0.2) is 16.6 Å². The molecule has 0 spiro atoms. The van der Waals surface area contributed by atoms with Gasteiger partial charge in [0.2, 0.25) is 5.91 Å². The second-order valence-electron chi connectivity index (χ2n) is 3.45. The average Bonchev–Trinajstić information content (AvgIpc) is 2.69. The van der Waals surface area contributed by atoms with Gasteiger partial charge in [-0.15, -0.1) is 0 Å². The molecule has 1 aromatic heterocycles. The highest BCUT2D eigenvalue weighted by atomic mass is 35.5. The Bertz CT molecular complexity index is 568. The molecule has 7 heteroatoms. The Balaban J connectivity index is 2.23. The van der Waals surface area contributed by atoms with Crippen molar-refractivity contribution in [1.82, 2.24) is 4.98 Å². The van der Waals surface area contributed by atoms with Gasteiger partial charge in [-0.05, 0) is 12.1 Å². The summed E-state index contributed by atoms with van der Waals surface area (Å²) in [5, 5.41) is 1.28. The van der Waals surface area contributed by atoms with Crippen LogP contribution in [0.2, 0.25) is 5.02 Å². The fourth-order valence-corrected chi connectivity index (χ4v) is 3.14. The molecule has 0 aliphatic heterocycles. The van der Waals surface area contributed by atoms with Crippen LogP contribution in [0.15, 0.2) is 28.6 Å². The zero-order valence-corrected chi connectivity index (χ0v) is 11.6. The number of halogens is 1. The predicted molar refractivity (Wildman–Crippen MR) is 76.9 cm³/mol. The number of nitrogen functional groups attached to an aromatic ring is 1. The van der Waals surface area contributed by atoms with Crippen molar-refractivity contribution in [2.24, 2.45) is 5.73 Å². The lowest BCUT2D eigenvalue weighted by Crippen LogP contribution is -2.12. The van der Waals surface area contributed by atoms with Crippen LogP contribution in [0.1, 0.15) is 0 Å². The third kappa shape index (κ3) is 3.16. The molecule has 0 radical (unpaired) electrons. The molecule has 2 rings (SSSR count). The molecule has 0 aliphatic rings. The van der Waals surface area contributed by atoms with Crippen LogP contribution in [0, 0.1) is 0 Å². The number of rotatable bonds is 4. The topological polar surface area (TPSA) is 82.0 Å². The molecule has 0 saturated carbocycles. The van der Waals surface area contributed by atoms with Gasteiger partial charge in [0.25, 0.3) is 0 Å². The van der Waals surface area contributed by atoms with Crippen LogP contribution in [0.3, 0.4) is 0 Å². The summed E-state index contributed by atoms with van der Waals surface area (Å²) < 4.78 is 0.733. The van der Waals surface area contributed by atoms with Gasteiger partial charge in [-0.2, -0.15) is 0 Å². The maximum atomic E-state index is 10.7. The van der Waals surface area contributed by atoms with Crippen LogP contribution in [-0.2, 0) is 4.79 Å². The Hall–Kier alpha value is -1.24. The molecule has 1 aromatic carbocycles. The van der Waals surface area contributed by atoms with Gasteiger partial charge in [-0.1, -0.05) is 46.8 Å². The van der Waals surface area contributed by atoms with E-state index in [0.29, 0.717) is 15.7 Å². The van der Waals surface area contributed by atoms with Crippen molar-refractivity contribution >= 4 is 45.6 Å². The van der Waals surface area contributed by atoms with Crippen molar-refractivity contribution in [1.29, 1.82) is 0 Å². The molecule has 0 unspecified atom stereocenters. The van der Waals surface area contributed by atoms with Gasteiger partial charge in [0.1, 0.15) is 10.7 Å². The number of thioether (sulfide) groups is 1. The first kappa shape index (κ1) is 13.2. The quantitative estimate of drug-likeness (QED) is 0.850. The molecule has 0 saturated heterocycles. The Labute approximate surface area is 117 Å². The van der Waals surface area contributed by atoms with Gasteiger partial charge in [-0.3, -0.25) is 4.79 Å². The number of primary amides is 1. The lowest BCUT2D eigenvalue weighted by Gasteiger charge is -1.98. The van der Waals surface area contributed by atoms with Crippen molar-refractivity contribution < 1.29 is 4.79 Å². The number of benzene rings is 1. The van der Waals surface area contributed by atoms with Gasteiger partial charge in [-0.25, -0.2) is 4.98 Å². The molecule has 0 fully saturated rings. The minimum Gasteiger partial charge on any atom is -0.389 e. The van der Waals surface area contributed by atoms with E-state index in [4.69, 9.17) is 23.1 Å². The summed E-state index contributed by atoms with van der Waals surface area (Å²) in [5.74, 6) is -0.172. The monoisotopic (exact) mass is 299 g/mol. The summed E-state index contributed by atoms with van der Waals surface area (Å²) in [7, 11) is 0. The summed E-state index contributed by atoms with van der Waals surface area (Å²) in [6.07, 6.45) is 0. The fraction of sp³-hybridized carbons (Fsp3) is 0.0909. The molecular weight excluding hydrogens is 290 g/mol. The van der Waals surface area contributed by atoms with E-state index in [9.17, 15) is 4.79 Å². The van der Waals surface area contributed by atoms with Crippen molar-refractivity contribution in [2.45, 2.75) is 4.34 Å². The summed E-state index contributed by atoms with van der Waals surface area (Å²) in [4.78, 5) is 15.1. The highest BCUT2D eigenvalue weighted by Gasteiger charge is 2.11. The molecule has 1 amide bonds. The highest BCUT2D eigenvalue weighted by Crippen LogP contribution is 2.35. The van der Waals surface area contributed by atoms with E-state index < -0.39 is 0 Å². The predicted octanol–water partition coefficient (Wildman–Crippen LogP) is 2.62. The third-order valence-corrected chi connectivity index (χ3v) is 4.39. The molecule has 4 N–H and O–H groups in total. The zero-order valence-electron chi connectivity index (χ0n) is 9.22. The molecular formula is C11H10ClN3OS2. The summed E-state index contributed by atoms with van der Waals surface area (Å²) in [6.45, 7) is 0. The molecule has 94 valence electrons. The number of hydrogen-bond donors (Lipinski definition) is 2. The minimum atomic E-state index is -0.373. The molecule has 2 aromatic rings. The van der Waals surface area contributed by atoms with Crippen LogP contribution >= 0.6 is 34.7 Å². The van der Waals surface area contributed by atoms with Gasteiger partial charge < -0.3 is 11.5 Å². The Morgan fingerprint density at radius 3 is 2.67 bits per heavy atom. The number of thiazole rings is 1. The SMILES string of the molecule is NC(=O)CSc1nc(-c2ccc(Cl)cc2)c(N)s1. The van der Waals surface area contributed by atoms with E-state index >= 15 is 0 Å². The normalized spacial score (nSPS) is 10.5. The number of carbonyl (C=O) groups is 1. The maximum Gasteiger partial charge on any atom is 0.227 e. The second-order valence-corrected chi connectivity index (χ2v) is 6.14. The Morgan fingerprint density at radius 1 is 1.39 bits per heavy atom. The lowest BCUT2D eigenvalue weighted by molar-refractivity contribution is -0.115. The number of carbonyl (C=O) groups excluding carboxylic acids is 1. The van der Waals surface area contributed by atoms with Gasteiger partial charge in [0.05, 0.1) is 5.75 Å². The number of hydrogen-bond acceptors (Lipinski definition) is 5. The number of amides is 1. The van der Waals surface area contributed by atoms with Crippen molar-refractivity contribution in [3.05, 3.63) is 29.3 Å². The third-order valence-electron chi connectivity index (χ3n) is 2.09. The van der Waals surface area contributed by atoms with E-state index in [1.54, 1.807) is 12.1 Å². The first-order valence-electron chi connectivity index (χ1n) is 4.99. The van der Waals surface area contributed by atoms with Gasteiger partial charge in [0.15, 0.2) is 4.34 Å².